The number of anilines is 2. The molecule has 0 atom stereocenters. The quantitative estimate of drug-likeness (QED) is 0.709. The lowest BCUT2D eigenvalue weighted by atomic mass is 10.1. The van der Waals surface area contributed by atoms with E-state index in [4.69, 9.17) is 4.74 Å². The number of methoxy groups -OCH3 is 1. The van der Waals surface area contributed by atoms with Crippen molar-refractivity contribution in [2.75, 3.05) is 43.5 Å². The van der Waals surface area contributed by atoms with Crippen molar-refractivity contribution in [1.29, 1.82) is 0 Å². The number of amides is 2. The summed E-state index contributed by atoms with van der Waals surface area (Å²) < 4.78 is 5.18. The van der Waals surface area contributed by atoms with E-state index < -0.39 is 0 Å². The molecule has 29 heavy (non-hydrogen) atoms. The molecular weight excluding hydrogens is 366 g/mol. The smallest absolute Gasteiger partial charge is 0.323 e. The molecule has 7 heteroatoms. The van der Waals surface area contributed by atoms with Gasteiger partial charge < -0.3 is 14.5 Å². The van der Waals surface area contributed by atoms with Crippen LogP contribution in [0.5, 0.6) is 5.75 Å². The standard InChI is InChI=1S/C22H25N5O2/c1-29-19-10-8-17(9-11-19)20-16-21(25-24-20)23-22(28)27-13-5-12-26(14-15-27)18-6-3-2-4-7-18/h2-4,6-11,16H,5,12-15H2,1H3,(H2,23,24,25,28). The van der Waals surface area contributed by atoms with E-state index in [9.17, 15) is 4.79 Å². The number of nitrogens with zero attached hydrogens (tertiary/aromatic N) is 3. The Balaban J connectivity index is 1.36. The lowest BCUT2D eigenvalue weighted by Gasteiger charge is -2.23. The fraction of sp³-hybridized carbons (Fsp3) is 0.273. The molecule has 2 heterocycles. The minimum atomic E-state index is -0.118. The number of urea groups is 1. The number of hydrogen-bond donors (Lipinski definition) is 2. The number of H-pyrrole nitrogens is 1. The minimum absolute atomic E-state index is 0.118. The number of benzene rings is 2. The van der Waals surface area contributed by atoms with Crippen molar-refractivity contribution in [2.45, 2.75) is 6.42 Å². The third kappa shape index (κ3) is 4.51. The van der Waals surface area contributed by atoms with Crippen LogP contribution in [0.2, 0.25) is 0 Å². The molecule has 1 aromatic heterocycles. The average Bonchev–Trinajstić information content (AvgIpc) is 3.08. The van der Waals surface area contributed by atoms with Crippen LogP contribution < -0.4 is 15.0 Å². The van der Waals surface area contributed by atoms with Gasteiger partial charge in [-0.15, -0.1) is 0 Å². The van der Waals surface area contributed by atoms with E-state index in [1.165, 1.54) is 5.69 Å². The molecule has 1 aliphatic rings. The van der Waals surface area contributed by atoms with Gasteiger partial charge in [-0.2, -0.15) is 5.10 Å². The second-order valence-corrected chi connectivity index (χ2v) is 6.99. The van der Waals surface area contributed by atoms with Crippen LogP contribution in [0.1, 0.15) is 6.42 Å². The molecular formula is C22H25N5O2. The third-order valence-electron chi connectivity index (χ3n) is 5.12. The van der Waals surface area contributed by atoms with Crippen molar-refractivity contribution in [3.63, 3.8) is 0 Å². The highest BCUT2D eigenvalue weighted by Gasteiger charge is 2.20. The van der Waals surface area contributed by atoms with Crippen LogP contribution in [0.3, 0.4) is 0 Å². The number of hydrogen-bond acceptors (Lipinski definition) is 4. The van der Waals surface area contributed by atoms with Crippen molar-refractivity contribution in [3.8, 4) is 17.0 Å². The molecule has 2 aromatic carbocycles. The summed E-state index contributed by atoms with van der Waals surface area (Å²) in [6, 6.07) is 19.7. The number of rotatable bonds is 4. The number of carbonyl (C=O) groups excluding carboxylic acids is 1. The van der Waals surface area contributed by atoms with Gasteiger partial charge in [-0.05, 0) is 48.4 Å². The fourth-order valence-electron chi connectivity index (χ4n) is 3.51. The fourth-order valence-corrected chi connectivity index (χ4v) is 3.51. The Morgan fingerprint density at radius 2 is 1.83 bits per heavy atom. The van der Waals surface area contributed by atoms with E-state index in [1.807, 2.05) is 53.4 Å². The van der Waals surface area contributed by atoms with E-state index in [-0.39, 0.29) is 6.03 Å². The first kappa shape index (κ1) is 18.9. The van der Waals surface area contributed by atoms with E-state index >= 15 is 0 Å². The van der Waals surface area contributed by atoms with Gasteiger partial charge in [0.2, 0.25) is 0 Å². The summed E-state index contributed by atoms with van der Waals surface area (Å²) in [7, 11) is 1.64. The Morgan fingerprint density at radius 3 is 2.59 bits per heavy atom. The van der Waals surface area contributed by atoms with Crippen LogP contribution in [-0.4, -0.2) is 54.4 Å². The number of aromatic nitrogens is 2. The lowest BCUT2D eigenvalue weighted by molar-refractivity contribution is 0.215. The number of carbonyl (C=O) groups is 1. The maximum absolute atomic E-state index is 12.7. The Morgan fingerprint density at radius 1 is 1.03 bits per heavy atom. The zero-order valence-electron chi connectivity index (χ0n) is 16.5. The molecule has 0 spiro atoms. The number of ether oxygens (including phenoxy) is 1. The van der Waals surface area contributed by atoms with Gasteiger partial charge in [0.15, 0.2) is 5.82 Å². The predicted octanol–water partition coefficient (Wildman–Crippen LogP) is 3.83. The maximum atomic E-state index is 12.7. The number of aromatic amines is 1. The summed E-state index contributed by atoms with van der Waals surface area (Å²) in [6.07, 6.45) is 0.931. The normalized spacial score (nSPS) is 14.4. The van der Waals surface area contributed by atoms with Crippen LogP contribution in [0.15, 0.2) is 60.7 Å². The summed E-state index contributed by atoms with van der Waals surface area (Å²) in [5.41, 5.74) is 3.02. The van der Waals surface area contributed by atoms with Crippen LogP contribution in [-0.2, 0) is 0 Å². The highest BCUT2D eigenvalue weighted by Crippen LogP contribution is 2.23. The molecule has 2 amide bonds. The van der Waals surface area contributed by atoms with Crippen molar-refractivity contribution >= 4 is 17.5 Å². The van der Waals surface area contributed by atoms with Gasteiger partial charge >= 0.3 is 6.03 Å². The van der Waals surface area contributed by atoms with Crippen molar-refractivity contribution in [1.82, 2.24) is 15.1 Å². The molecule has 0 bridgehead atoms. The first-order valence-corrected chi connectivity index (χ1v) is 9.79. The summed E-state index contributed by atoms with van der Waals surface area (Å²) in [5, 5.41) is 10.1. The first-order valence-electron chi connectivity index (χ1n) is 9.79. The molecule has 1 fully saturated rings. The molecule has 150 valence electrons. The van der Waals surface area contributed by atoms with E-state index in [2.05, 4.69) is 32.5 Å². The topological polar surface area (TPSA) is 73.5 Å². The Kier molecular flexibility index (Phi) is 5.65. The Hall–Kier alpha value is -3.48. The van der Waals surface area contributed by atoms with Gasteiger partial charge in [0.25, 0.3) is 0 Å². The Bertz CT molecular complexity index is 939. The van der Waals surface area contributed by atoms with Crippen molar-refractivity contribution in [3.05, 3.63) is 60.7 Å². The zero-order valence-corrected chi connectivity index (χ0v) is 16.5. The Labute approximate surface area is 170 Å². The average molecular weight is 391 g/mol. The summed E-state index contributed by atoms with van der Waals surface area (Å²) in [6.45, 7) is 3.16. The van der Waals surface area contributed by atoms with Gasteiger partial charge in [-0.3, -0.25) is 10.4 Å². The number of para-hydroxylation sites is 1. The largest absolute Gasteiger partial charge is 0.497 e. The van der Waals surface area contributed by atoms with Gasteiger partial charge in [-0.25, -0.2) is 4.79 Å². The second kappa shape index (κ2) is 8.68. The predicted molar refractivity (Wildman–Crippen MR) is 114 cm³/mol. The van der Waals surface area contributed by atoms with Gasteiger partial charge in [0.1, 0.15) is 5.75 Å². The first-order chi connectivity index (χ1) is 14.2. The van der Waals surface area contributed by atoms with Crippen LogP contribution >= 0.6 is 0 Å². The van der Waals surface area contributed by atoms with E-state index in [1.54, 1.807) is 7.11 Å². The van der Waals surface area contributed by atoms with Crippen molar-refractivity contribution in [2.24, 2.45) is 0 Å². The molecule has 0 radical (unpaired) electrons. The molecule has 0 aliphatic carbocycles. The summed E-state index contributed by atoms with van der Waals surface area (Å²) in [5.74, 6) is 1.32. The molecule has 1 aliphatic heterocycles. The van der Waals surface area contributed by atoms with Crippen LogP contribution in [0.25, 0.3) is 11.3 Å². The molecule has 0 saturated carbocycles. The second-order valence-electron chi connectivity index (χ2n) is 6.99. The molecule has 0 unspecified atom stereocenters. The minimum Gasteiger partial charge on any atom is -0.497 e. The lowest BCUT2D eigenvalue weighted by Crippen LogP contribution is -2.38. The SMILES string of the molecule is COc1ccc(-c2cc(NC(=O)N3CCCN(c4ccccc4)CC3)n[nH]2)cc1. The van der Waals surface area contributed by atoms with Crippen LogP contribution in [0.4, 0.5) is 16.3 Å². The highest BCUT2D eigenvalue weighted by atomic mass is 16.5. The van der Waals surface area contributed by atoms with Gasteiger partial charge in [0, 0.05) is 37.9 Å². The maximum Gasteiger partial charge on any atom is 0.323 e. The molecule has 3 aromatic rings. The molecule has 1 saturated heterocycles. The molecule has 4 rings (SSSR count). The highest BCUT2D eigenvalue weighted by molar-refractivity contribution is 5.89. The summed E-state index contributed by atoms with van der Waals surface area (Å²) in [4.78, 5) is 16.9. The molecule has 2 N–H and O–H groups in total. The summed E-state index contributed by atoms with van der Waals surface area (Å²) >= 11 is 0. The van der Waals surface area contributed by atoms with Crippen LogP contribution in [0, 0.1) is 0 Å². The van der Waals surface area contributed by atoms with E-state index in [0.717, 1.165) is 43.1 Å². The monoisotopic (exact) mass is 391 g/mol. The van der Waals surface area contributed by atoms with Crippen molar-refractivity contribution < 1.29 is 9.53 Å². The zero-order chi connectivity index (χ0) is 20.1. The van der Waals surface area contributed by atoms with Gasteiger partial charge in [-0.1, -0.05) is 18.2 Å². The third-order valence-corrected chi connectivity index (χ3v) is 5.12. The van der Waals surface area contributed by atoms with E-state index in [0.29, 0.717) is 12.4 Å². The molecule has 7 nitrogen and oxygen atoms in total. The number of nitrogens with one attached hydrogen (secondary N) is 2. The van der Waals surface area contributed by atoms with Gasteiger partial charge in [0.05, 0.1) is 12.8 Å².